The zero-order valence-electron chi connectivity index (χ0n) is 15.2. The van der Waals surface area contributed by atoms with E-state index in [4.69, 9.17) is 14.9 Å². The van der Waals surface area contributed by atoms with Gasteiger partial charge in [0.2, 0.25) is 5.76 Å². The second kappa shape index (κ2) is 8.03. The van der Waals surface area contributed by atoms with E-state index in [0.717, 1.165) is 0 Å². The average molecular weight is 390 g/mol. The zero-order valence-corrected chi connectivity index (χ0v) is 15.2. The van der Waals surface area contributed by atoms with E-state index in [2.05, 4.69) is 9.72 Å². The number of furan rings is 1. The Morgan fingerprint density at radius 1 is 1.14 bits per heavy atom. The summed E-state index contributed by atoms with van der Waals surface area (Å²) >= 11 is 0. The first-order valence-electron chi connectivity index (χ1n) is 8.24. The molecule has 0 radical (unpaired) electrons. The molecule has 144 valence electrons. The Bertz CT molecular complexity index is 1210. The lowest BCUT2D eigenvalue weighted by Crippen LogP contribution is -2.16. The second-order valence-electron chi connectivity index (χ2n) is 5.79. The number of ether oxygens (including phenoxy) is 2. The highest BCUT2D eigenvalue weighted by molar-refractivity contribution is 5.86. The minimum absolute atomic E-state index is 0.0146. The fraction of sp³-hybridized carbons (Fsp3) is 0.100. The predicted molar refractivity (Wildman–Crippen MR) is 101 cm³/mol. The van der Waals surface area contributed by atoms with Gasteiger partial charge >= 0.3 is 5.97 Å². The van der Waals surface area contributed by atoms with Crippen LogP contribution in [0.4, 0.5) is 5.82 Å². The van der Waals surface area contributed by atoms with E-state index in [9.17, 15) is 20.1 Å². The number of methoxy groups -OCH3 is 1. The fourth-order valence-electron chi connectivity index (χ4n) is 2.67. The van der Waals surface area contributed by atoms with Crippen molar-refractivity contribution in [1.29, 1.82) is 10.5 Å². The highest BCUT2D eigenvalue weighted by atomic mass is 16.5. The number of rotatable bonds is 5. The van der Waals surface area contributed by atoms with Gasteiger partial charge in [-0.25, -0.2) is 4.79 Å². The Balaban J connectivity index is 1.84. The Morgan fingerprint density at radius 3 is 2.45 bits per heavy atom. The number of nitrogens with zero attached hydrogens (tertiary/aromatic N) is 2. The van der Waals surface area contributed by atoms with Crippen LogP contribution in [0, 0.1) is 22.7 Å². The molecule has 0 unspecified atom stereocenters. The van der Waals surface area contributed by atoms with Gasteiger partial charge in [-0.15, -0.1) is 0 Å². The van der Waals surface area contributed by atoms with Gasteiger partial charge in [0.1, 0.15) is 47.2 Å². The van der Waals surface area contributed by atoms with Crippen molar-refractivity contribution in [3.05, 3.63) is 69.4 Å². The van der Waals surface area contributed by atoms with Crippen LogP contribution in [-0.2, 0) is 11.3 Å². The number of hydrogen-bond acceptors (Lipinski definition) is 8. The molecule has 0 aliphatic rings. The molecule has 3 rings (SSSR count). The maximum absolute atomic E-state index is 12.0. The smallest absolute Gasteiger partial charge is 0.373 e. The molecule has 29 heavy (non-hydrogen) atoms. The molecule has 0 saturated carbocycles. The Labute approximate surface area is 164 Å². The van der Waals surface area contributed by atoms with Gasteiger partial charge in [0.15, 0.2) is 0 Å². The lowest BCUT2D eigenvalue weighted by atomic mass is 9.97. The molecule has 2 heterocycles. The number of anilines is 1. The Kier molecular flexibility index (Phi) is 5.33. The highest BCUT2D eigenvalue weighted by Crippen LogP contribution is 2.29. The third-order valence-electron chi connectivity index (χ3n) is 4.04. The van der Waals surface area contributed by atoms with Crippen molar-refractivity contribution in [2.24, 2.45) is 0 Å². The molecule has 0 atom stereocenters. The van der Waals surface area contributed by atoms with E-state index < -0.39 is 11.5 Å². The lowest BCUT2D eigenvalue weighted by Gasteiger charge is -2.10. The molecule has 0 fully saturated rings. The number of nitriles is 2. The molecular weight excluding hydrogens is 376 g/mol. The first kappa shape index (κ1) is 19.3. The second-order valence-corrected chi connectivity index (χ2v) is 5.79. The van der Waals surface area contributed by atoms with Crippen LogP contribution in [0.25, 0.3) is 11.1 Å². The van der Waals surface area contributed by atoms with Crippen LogP contribution >= 0.6 is 0 Å². The van der Waals surface area contributed by atoms with Gasteiger partial charge in [-0.05, 0) is 29.8 Å². The van der Waals surface area contributed by atoms with Crippen molar-refractivity contribution in [3.63, 3.8) is 0 Å². The molecule has 1 aromatic carbocycles. The number of benzene rings is 1. The van der Waals surface area contributed by atoms with Crippen LogP contribution in [0.15, 0.2) is 45.6 Å². The van der Waals surface area contributed by atoms with Crippen molar-refractivity contribution in [3.8, 4) is 29.0 Å². The molecular formula is C20H14N4O5. The van der Waals surface area contributed by atoms with Gasteiger partial charge in [-0.1, -0.05) is 12.1 Å². The van der Waals surface area contributed by atoms with E-state index >= 15 is 0 Å². The number of carbonyl (C=O) groups excluding carboxylic acids is 1. The highest BCUT2D eigenvalue weighted by Gasteiger charge is 2.18. The van der Waals surface area contributed by atoms with E-state index in [-0.39, 0.29) is 34.9 Å². The first-order chi connectivity index (χ1) is 14.0. The van der Waals surface area contributed by atoms with Crippen LogP contribution in [0.1, 0.15) is 27.4 Å². The number of nitrogens with one attached hydrogen (secondary N) is 1. The third kappa shape index (κ3) is 3.80. The van der Waals surface area contributed by atoms with E-state index in [1.807, 2.05) is 12.1 Å². The molecule has 0 aliphatic heterocycles. The molecule has 0 aliphatic carbocycles. The first-order valence-corrected chi connectivity index (χ1v) is 8.24. The Morgan fingerprint density at radius 2 is 1.83 bits per heavy atom. The van der Waals surface area contributed by atoms with Gasteiger partial charge in [-0.3, -0.25) is 4.79 Å². The largest absolute Gasteiger partial charge is 0.486 e. The maximum atomic E-state index is 12.0. The summed E-state index contributed by atoms with van der Waals surface area (Å²) in [5.74, 6) is 0.279. The lowest BCUT2D eigenvalue weighted by molar-refractivity contribution is 0.0561. The SMILES string of the molecule is COC(=O)c1ccc(COc2ccc(-c3c(C#N)c(N)[nH]c(=O)c3C#N)cc2)o1. The van der Waals surface area contributed by atoms with Gasteiger partial charge < -0.3 is 24.6 Å². The number of hydrogen-bond donors (Lipinski definition) is 2. The number of esters is 1. The summed E-state index contributed by atoms with van der Waals surface area (Å²) in [7, 11) is 1.26. The number of nitrogen functional groups attached to an aromatic ring is 1. The summed E-state index contributed by atoms with van der Waals surface area (Å²) in [6.07, 6.45) is 0. The van der Waals surface area contributed by atoms with Gasteiger partial charge in [-0.2, -0.15) is 10.5 Å². The van der Waals surface area contributed by atoms with Crippen molar-refractivity contribution in [2.45, 2.75) is 6.61 Å². The van der Waals surface area contributed by atoms with Crippen LogP contribution in [0.3, 0.4) is 0 Å². The quantitative estimate of drug-likeness (QED) is 0.629. The van der Waals surface area contributed by atoms with Crippen molar-refractivity contribution < 1.29 is 18.7 Å². The minimum Gasteiger partial charge on any atom is -0.486 e. The predicted octanol–water partition coefficient (Wildman–Crippen LogP) is 2.33. The van der Waals surface area contributed by atoms with E-state index in [0.29, 0.717) is 17.1 Å². The zero-order chi connectivity index (χ0) is 21.0. The molecule has 9 heteroatoms. The van der Waals surface area contributed by atoms with E-state index in [1.165, 1.54) is 13.2 Å². The average Bonchev–Trinajstić information content (AvgIpc) is 3.21. The summed E-state index contributed by atoms with van der Waals surface area (Å²) in [6.45, 7) is 0.0706. The van der Waals surface area contributed by atoms with E-state index in [1.54, 1.807) is 30.3 Å². The van der Waals surface area contributed by atoms with Gasteiger partial charge in [0, 0.05) is 5.56 Å². The summed E-state index contributed by atoms with van der Waals surface area (Å²) in [5.41, 5.74) is 5.49. The standard InChI is InChI=1S/C20H14N4O5/c1-27-20(26)16-7-6-13(29-16)10-28-12-4-2-11(3-5-12)17-14(8-21)18(23)24-19(25)15(17)9-22/h2-7H,10H2,1H3,(H3,23,24,25). The molecule has 0 amide bonds. The number of aromatic nitrogens is 1. The fourth-order valence-corrected chi connectivity index (χ4v) is 2.67. The molecule has 0 saturated heterocycles. The molecule has 9 nitrogen and oxygen atoms in total. The topological polar surface area (TPSA) is 155 Å². The monoisotopic (exact) mass is 390 g/mol. The Hall–Kier alpha value is -4.50. The number of pyridine rings is 1. The summed E-state index contributed by atoms with van der Waals surface area (Å²) in [4.78, 5) is 25.7. The number of carbonyl (C=O) groups is 1. The molecule has 3 N–H and O–H groups in total. The molecule has 0 spiro atoms. The maximum Gasteiger partial charge on any atom is 0.373 e. The van der Waals surface area contributed by atoms with Crippen molar-refractivity contribution >= 4 is 11.8 Å². The van der Waals surface area contributed by atoms with Crippen molar-refractivity contribution in [2.75, 3.05) is 12.8 Å². The third-order valence-corrected chi connectivity index (χ3v) is 4.04. The van der Waals surface area contributed by atoms with Crippen molar-refractivity contribution in [1.82, 2.24) is 4.98 Å². The number of aromatic amines is 1. The minimum atomic E-state index is -0.668. The molecule has 3 aromatic rings. The van der Waals surface area contributed by atoms with Gasteiger partial charge in [0.25, 0.3) is 5.56 Å². The van der Waals surface area contributed by atoms with Gasteiger partial charge in [0.05, 0.1) is 7.11 Å². The number of nitrogens with two attached hydrogens (primary N) is 1. The van der Waals surface area contributed by atoms with Crippen LogP contribution in [0.5, 0.6) is 5.75 Å². The van der Waals surface area contributed by atoms with Crippen LogP contribution in [0.2, 0.25) is 0 Å². The summed E-state index contributed by atoms with van der Waals surface area (Å²) in [6, 6.07) is 13.2. The summed E-state index contributed by atoms with van der Waals surface area (Å²) in [5, 5.41) is 18.7. The summed E-state index contributed by atoms with van der Waals surface area (Å²) < 4.78 is 15.5. The van der Waals surface area contributed by atoms with Crippen LogP contribution in [-0.4, -0.2) is 18.1 Å². The normalized spacial score (nSPS) is 10.0. The van der Waals surface area contributed by atoms with Crippen LogP contribution < -0.4 is 16.0 Å². The number of H-pyrrole nitrogens is 1. The molecule has 0 bridgehead atoms. The molecule has 2 aromatic heterocycles.